The lowest BCUT2D eigenvalue weighted by atomic mass is 10.1. The van der Waals surface area contributed by atoms with Crippen LogP contribution >= 0.6 is 0 Å². The largest absolute Gasteiger partial charge is 0.478 e. The van der Waals surface area contributed by atoms with Gasteiger partial charge in [-0.15, -0.1) is 0 Å². The second-order valence-electron chi connectivity index (χ2n) is 4.91. The number of benzene rings is 1. The summed E-state index contributed by atoms with van der Waals surface area (Å²) in [6.07, 6.45) is 2.05. The summed E-state index contributed by atoms with van der Waals surface area (Å²) in [5, 5.41) is 14.6. The van der Waals surface area contributed by atoms with Crippen molar-refractivity contribution in [2.24, 2.45) is 5.92 Å². The molecule has 0 aliphatic heterocycles. The minimum absolute atomic E-state index is 0.109. The maximum atomic E-state index is 11.8. The van der Waals surface area contributed by atoms with Crippen LogP contribution in [-0.4, -0.2) is 23.1 Å². The molecule has 5 nitrogen and oxygen atoms in total. The molecular weight excluding hydrogens is 244 g/mol. The minimum atomic E-state index is -1.04. The number of urea groups is 1. The molecule has 2 amide bonds. The Bertz CT molecular complexity index is 513. The summed E-state index contributed by atoms with van der Waals surface area (Å²) in [7, 11) is 0. The molecule has 102 valence electrons. The zero-order valence-electron chi connectivity index (χ0n) is 11.1. The van der Waals surface area contributed by atoms with E-state index in [1.807, 2.05) is 0 Å². The van der Waals surface area contributed by atoms with Gasteiger partial charge in [-0.25, -0.2) is 9.59 Å². The zero-order chi connectivity index (χ0) is 14.0. The van der Waals surface area contributed by atoms with Crippen LogP contribution in [0, 0.1) is 12.8 Å². The molecule has 2 unspecified atom stereocenters. The van der Waals surface area contributed by atoms with E-state index in [2.05, 4.69) is 17.6 Å². The molecule has 0 radical (unpaired) electrons. The lowest BCUT2D eigenvalue weighted by molar-refractivity contribution is 0.0698. The molecule has 1 fully saturated rings. The molecule has 1 saturated carbocycles. The van der Waals surface area contributed by atoms with Crippen molar-refractivity contribution in [1.82, 2.24) is 5.32 Å². The number of carbonyl (C=O) groups excluding carboxylic acids is 1. The Hall–Kier alpha value is -2.04. The predicted octanol–water partition coefficient (Wildman–Crippen LogP) is 2.61. The fourth-order valence-corrected chi connectivity index (χ4v) is 2.21. The summed E-state index contributed by atoms with van der Waals surface area (Å²) >= 11 is 0. The molecule has 0 heterocycles. The predicted molar refractivity (Wildman–Crippen MR) is 72.5 cm³/mol. The van der Waals surface area contributed by atoms with Crippen LogP contribution in [0.1, 0.15) is 35.7 Å². The Kier molecular flexibility index (Phi) is 3.74. The van der Waals surface area contributed by atoms with Crippen molar-refractivity contribution in [3.05, 3.63) is 29.3 Å². The van der Waals surface area contributed by atoms with Crippen LogP contribution < -0.4 is 10.6 Å². The highest BCUT2D eigenvalue weighted by Crippen LogP contribution is 2.33. The fraction of sp³-hybridized carbons (Fsp3) is 0.429. The van der Waals surface area contributed by atoms with E-state index in [0.717, 1.165) is 18.4 Å². The van der Waals surface area contributed by atoms with E-state index in [4.69, 9.17) is 5.11 Å². The number of para-hydroxylation sites is 1. The third kappa shape index (κ3) is 3.05. The quantitative estimate of drug-likeness (QED) is 0.780. The SMILES string of the molecule is CCC1CC1NC(=O)Nc1c(C)cccc1C(=O)O. The number of carboxylic acids is 1. The smallest absolute Gasteiger partial charge is 0.337 e. The van der Waals surface area contributed by atoms with E-state index in [0.29, 0.717) is 11.6 Å². The highest BCUT2D eigenvalue weighted by atomic mass is 16.4. The van der Waals surface area contributed by atoms with Gasteiger partial charge in [0.05, 0.1) is 11.3 Å². The van der Waals surface area contributed by atoms with Crippen LogP contribution in [0.3, 0.4) is 0 Å². The van der Waals surface area contributed by atoms with E-state index in [9.17, 15) is 9.59 Å². The number of carbonyl (C=O) groups is 2. The van der Waals surface area contributed by atoms with Crippen molar-refractivity contribution in [3.8, 4) is 0 Å². The van der Waals surface area contributed by atoms with Crippen molar-refractivity contribution in [2.75, 3.05) is 5.32 Å². The number of aryl methyl sites for hydroxylation is 1. The first-order valence-corrected chi connectivity index (χ1v) is 6.43. The first-order valence-electron chi connectivity index (χ1n) is 6.43. The third-order valence-corrected chi connectivity index (χ3v) is 3.51. The summed E-state index contributed by atoms with van der Waals surface area (Å²) in [4.78, 5) is 23.0. The molecule has 2 rings (SSSR count). The number of rotatable bonds is 4. The van der Waals surface area contributed by atoms with Gasteiger partial charge in [0.2, 0.25) is 0 Å². The van der Waals surface area contributed by atoms with Crippen molar-refractivity contribution < 1.29 is 14.7 Å². The minimum Gasteiger partial charge on any atom is -0.478 e. The standard InChI is InChI=1S/C14H18N2O3/c1-3-9-7-11(9)15-14(19)16-12-8(2)5-4-6-10(12)13(17)18/h4-6,9,11H,3,7H2,1-2H3,(H,17,18)(H2,15,16,19). The highest BCUT2D eigenvalue weighted by Gasteiger charge is 2.36. The average Bonchev–Trinajstić information content (AvgIpc) is 3.09. The van der Waals surface area contributed by atoms with Crippen LogP contribution in [0.5, 0.6) is 0 Å². The topological polar surface area (TPSA) is 78.4 Å². The van der Waals surface area contributed by atoms with Gasteiger partial charge in [-0.2, -0.15) is 0 Å². The summed E-state index contributed by atoms with van der Waals surface area (Å²) in [5.74, 6) is -0.488. The zero-order valence-corrected chi connectivity index (χ0v) is 11.1. The van der Waals surface area contributed by atoms with Gasteiger partial charge in [0, 0.05) is 6.04 Å². The van der Waals surface area contributed by atoms with Crippen LogP contribution in [0.4, 0.5) is 10.5 Å². The highest BCUT2D eigenvalue weighted by molar-refractivity contribution is 6.01. The Balaban J connectivity index is 2.06. The summed E-state index contributed by atoms with van der Waals surface area (Å²) in [5.41, 5.74) is 1.21. The molecular formula is C14H18N2O3. The van der Waals surface area contributed by atoms with Crippen molar-refractivity contribution in [1.29, 1.82) is 0 Å². The molecule has 3 N–H and O–H groups in total. The molecule has 1 aliphatic rings. The number of amides is 2. The number of aromatic carboxylic acids is 1. The molecule has 0 bridgehead atoms. The van der Waals surface area contributed by atoms with Crippen molar-refractivity contribution in [3.63, 3.8) is 0 Å². The van der Waals surface area contributed by atoms with Gasteiger partial charge in [0.1, 0.15) is 0 Å². The molecule has 19 heavy (non-hydrogen) atoms. The summed E-state index contributed by atoms with van der Waals surface area (Å²) < 4.78 is 0. The monoisotopic (exact) mass is 262 g/mol. The number of carboxylic acid groups (broad SMARTS) is 1. The van der Waals surface area contributed by atoms with Crippen LogP contribution in [0.15, 0.2) is 18.2 Å². The van der Waals surface area contributed by atoms with E-state index < -0.39 is 5.97 Å². The molecule has 5 heteroatoms. The lowest BCUT2D eigenvalue weighted by Gasteiger charge is -2.12. The van der Waals surface area contributed by atoms with Crippen LogP contribution in [0.25, 0.3) is 0 Å². The van der Waals surface area contributed by atoms with Gasteiger partial charge in [-0.1, -0.05) is 25.5 Å². The fourth-order valence-electron chi connectivity index (χ4n) is 2.21. The second kappa shape index (κ2) is 5.30. The number of nitrogens with one attached hydrogen (secondary N) is 2. The average molecular weight is 262 g/mol. The van der Waals surface area contributed by atoms with Crippen LogP contribution in [0.2, 0.25) is 0 Å². The van der Waals surface area contributed by atoms with Crippen LogP contribution in [-0.2, 0) is 0 Å². The summed E-state index contributed by atoms with van der Waals surface area (Å²) in [6, 6.07) is 4.81. The molecule has 0 aromatic heterocycles. The Morgan fingerprint density at radius 3 is 2.74 bits per heavy atom. The number of anilines is 1. The van der Waals surface area contributed by atoms with Gasteiger partial charge in [0.15, 0.2) is 0 Å². The normalized spacial score (nSPS) is 20.7. The van der Waals surface area contributed by atoms with Gasteiger partial charge in [-0.05, 0) is 30.9 Å². The number of hydrogen-bond acceptors (Lipinski definition) is 2. The third-order valence-electron chi connectivity index (χ3n) is 3.51. The van der Waals surface area contributed by atoms with E-state index >= 15 is 0 Å². The second-order valence-corrected chi connectivity index (χ2v) is 4.91. The molecule has 0 spiro atoms. The first-order chi connectivity index (χ1) is 9.02. The van der Waals surface area contributed by atoms with E-state index in [1.54, 1.807) is 19.1 Å². The van der Waals surface area contributed by atoms with E-state index in [-0.39, 0.29) is 17.6 Å². The van der Waals surface area contributed by atoms with Gasteiger partial charge in [0.25, 0.3) is 0 Å². The maximum Gasteiger partial charge on any atom is 0.337 e. The molecule has 1 aliphatic carbocycles. The van der Waals surface area contributed by atoms with Crippen molar-refractivity contribution in [2.45, 2.75) is 32.7 Å². The molecule has 2 atom stereocenters. The Morgan fingerprint density at radius 1 is 1.42 bits per heavy atom. The van der Waals surface area contributed by atoms with Gasteiger partial charge in [-0.3, -0.25) is 0 Å². The molecule has 1 aromatic carbocycles. The van der Waals surface area contributed by atoms with E-state index in [1.165, 1.54) is 6.07 Å². The first kappa shape index (κ1) is 13.4. The van der Waals surface area contributed by atoms with Crippen molar-refractivity contribution >= 4 is 17.7 Å². The maximum absolute atomic E-state index is 11.8. The molecule has 1 aromatic rings. The summed E-state index contributed by atoms with van der Waals surface area (Å²) in [6.45, 7) is 3.86. The van der Waals surface area contributed by atoms with Gasteiger partial charge >= 0.3 is 12.0 Å². The Morgan fingerprint density at radius 2 is 2.16 bits per heavy atom. The molecule has 0 saturated heterocycles. The van der Waals surface area contributed by atoms with Gasteiger partial charge < -0.3 is 15.7 Å². The number of hydrogen-bond donors (Lipinski definition) is 3. The Labute approximate surface area is 112 Å². The lowest BCUT2D eigenvalue weighted by Crippen LogP contribution is -2.32.